The van der Waals surface area contributed by atoms with Crippen molar-refractivity contribution in [1.29, 1.82) is 0 Å². The Kier molecular flexibility index (Phi) is 5.69. The van der Waals surface area contributed by atoms with E-state index in [1.165, 1.54) is 10.8 Å². The highest BCUT2D eigenvalue weighted by Crippen LogP contribution is 2.20. The van der Waals surface area contributed by atoms with Crippen molar-refractivity contribution in [2.45, 2.75) is 44.6 Å². The number of nitrogens with one attached hydrogen (secondary N) is 1. The van der Waals surface area contributed by atoms with Gasteiger partial charge < -0.3 is 0 Å². The smallest absolute Gasteiger partial charge is 0.211 e. The van der Waals surface area contributed by atoms with Crippen molar-refractivity contribution in [3.63, 3.8) is 0 Å². The summed E-state index contributed by atoms with van der Waals surface area (Å²) < 4.78 is 26.7. The van der Waals surface area contributed by atoms with Crippen LogP contribution in [0.2, 0.25) is 0 Å². The molecule has 0 bridgehead atoms. The Bertz CT molecular complexity index is 250. The number of sulfonamides is 1. The van der Waals surface area contributed by atoms with Crippen molar-refractivity contribution in [2.75, 3.05) is 10.2 Å². The molecule has 0 amide bonds. The van der Waals surface area contributed by atoms with Gasteiger partial charge in [0.2, 0.25) is 10.0 Å². The van der Waals surface area contributed by atoms with Crippen LogP contribution in [0.15, 0.2) is 0 Å². The first-order valence-corrected chi connectivity index (χ1v) is 8.38. The molecule has 1 saturated carbocycles. The molecule has 0 radical (unpaired) electrons. The Morgan fingerprint density at radius 1 is 1.14 bits per heavy atom. The summed E-state index contributed by atoms with van der Waals surface area (Å²) >= 11 is 2.35. The molecule has 14 heavy (non-hydrogen) atoms. The van der Waals surface area contributed by atoms with E-state index in [1.54, 1.807) is 0 Å². The lowest BCUT2D eigenvalue weighted by Crippen LogP contribution is -2.28. The van der Waals surface area contributed by atoms with Crippen molar-refractivity contribution in [3.8, 4) is 0 Å². The largest absolute Gasteiger partial charge is 0.212 e. The van der Waals surface area contributed by atoms with E-state index in [2.05, 4.69) is 27.3 Å². The fourth-order valence-corrected chi connectivity index (χ4v) is 3.24. The van der Waals surface area contributed by atoms with Gasteiger partial charge in [-0.05, 0) is 30.1 Å². The summed E-state index contributed by atoms with van der Waals surface area (Å²) in [6, 6.07) is 0.259. The predicted molar refractivity (Wildman–Crippen MR) is 67.3 cm³/mol. The van der Waals surface area contributed by atoms with E-state index in [-0.39, 0.29) is 6.04 Å². The van der Waals surface area contributed by atoms with Gasteiger partial charge in [0.1, 0.15) is 0 Å². The van der Waals surface area contributed by atoms with E-state index >= 15 is 0 Å². The first kappa shape index (κ1) is 12.7. The molecule has 0 aromatic heterocycles. The summed E-state index contributed by atoms with van der Waals surface area (Å²) in [4.78, 5) is 0. The van der Waals surface area contributed by atoms with Crippen molar-refractivity contribution in [1.82, 2.24) is 4.72 Å². The van der Waals surface area contributed by atoms with Gasteiger partial charge in [0.15, 0.2) is 0 Å². The van der Waals surface area contributed by atoms with Crippen LogP contribution in [-0.4, -0.2) is 24.6 Å². The molecule has 5 heteroatoms. The minimum Gasteiger partial charge on any atom is -0.212 e. The lowest BCUT2D eigenvalue weighted by Gasteiger charge is -2.04. The quantitative estimate of drug-likeness (QED) is 0.420. The van der Waals surface area contributed by atoms with E-state index < -0.39 is 10.0 Å². The summed E-state index contributed by atoms with van der Waals surface area (Å²) in [5, 5.41) is 0. The van der Waals surface area contributed by atoms with Gasteiger partial charge >= 0.3 is 0 Å². The molecule has 3 nitrogen and oxygen atoms in total. The highest BCUT2D eigenvalue weighted by molar-refractivity contribution is 14.1. The lowest BCUT2D eigenvalue weighted by atomic mass is 10.2. The zero-order valence-electron chi connectivity index (χ0n) is 8.34. The third kappa shape index (κ3) is 6.19. The average Bonchev–Trinajstić information content (AvgIpc) is 2.87. The van der Waals surface area contributed by atoms with Crippen LogP contribution in [-0.2, 0) is 10.0 Å². The van der Waals surface area contributed by atoms with Gasteiger partial charge in [-0.25, -0.2) is 13.1 Å². The van der Waals surface area contributed by atoms with Crippen LogP contribution >= 0.6 is 22.6 Å². The van der Waals surface area contributed by atoms with Gasteiger partial charge in [0, 0.05) is 6.04 Å². The van der Waals surface area contributed by atoms with E-state index in [0.717, 1.165) is 32.1 Å². The minimum atomic E-state index is -2.96. The van der Waals surface area contributed by atoms with Gasteiger partial charge in [0.05, 0.1) is 5.75 Å². The first-order chi connectivity index (χ1) is 6.64. The highest BCUT2D eigenvalue weighted by Gasteiger charge is 2.26. The molecule has 84 valence electrons. The maximum absolute atomic E-state index is 11.4. The topological polar surface area (TPSA) is 46.2 Å². The van der Waals surface area contributed by atoms with Crippen LogP contribution in [0, 0.1) is 0 Å². The van der Waals surface area contributed by atoms with E-state index in [4.69, 9.17) is 0 Å². The van der Waals surface area contributed by atoms with Crippen molar-refractivity contribution in [2.24, 2.45) is 0 Å². The van der Waals surface area contributed by atoms with Gasteiger partial charge in [-0.15, -0.1) is 0 Å². The second-order valence-electron chi connectivity index (χ2n) is 3.81. The third-order valence-electron chi connectivity index (χ3n) is 2.22. The predicted octanol–water partition coefficient (Wildman–Crippen LogP) is 2.06. The Balaban J connectivity index is 2.03. The maximum Gasteiger partial charge on any atom is 0.211 e. The van der Waals surface area contributed by atoms with Gasteiger partial charge in [-0.1, -0.05) is 35.4 Å². The molecule has 0 aromatic rings. The summed E-state index contributed by atoms with van der Waals surface area (Å²) in [6.07, 6.45) is 6.24. The van der Waals surface area contributed by atoms with Crippen molar-refractivity contribution >= 4 is 32.6 Å². The first-order valence-electron chi connectivity index (χ1n) is 5.20. The summed E-state index contributed by atoms with van der Waals surface area (Å²) in [6.45, 7) is 0. The lowest BCUT2D eigenvalue weighted by molar-refractivity contribution is 0.574. The number of hydrogen-bond donors (Lipinski definition) is 1. The second kappa shape index (κ2) is 6.27. The van der Waals surface area contributed by atoms with Crippen molar-refractivity contribution in [3.05, 3.63) is 0 Å². The monoisotopic (exact) mass is 331 g/mol. The summed E-state index contributed by atoms with van der Waals surface area (Å²) in [5.41, 5.74) is 0. The molecule has 1 rings (SSSR count). The van der Waals surface area contributed by atoms with Crippen LogP contribution in [0.25, 0.3) is 0 Å². The number of halogens is 1. The highest BCUT2D eigenvalue weighted by atomic mass is 127. The number of rotatable bonds is 8. The Hall–Kier alpha value is 0.640. The Morgan fingerprint density at radius 2 is 1.79 bits per heavy atom. The minimum absolute atomic E-state index is 0.259. The molecule has 0 heterocycles. The fourth-order valence-electron chi connectivity index (χ4n) is 1.25. The molecule has 0 saturated heterocycles. The molecule has 0 aliphatic heterocycles. The van der Waals surface area contributed by atoms with E-state index in [1.807, 2.05) is 0 Å². The van der Waals surface area contributed by atoms with E-state index in [0.29, 0.717) is 5.75 Å². The molecular weight excluding hydrogens is 313 g/mol. The third-order valence-corrected chi connectivity index (χ3v) is 4.50. The Labute approximate surface area is 100 Å². The maximum atomic E-state index is 11.4. The molecule has 1 aliphatic carbocycles. The number of alkyl halides is 1. The molecule has 0 spiro atoms. The van der Waals surface area contributed by atoms with Crippen LogP contribution in [0.5, 0.6) is 0 Å². The van der Waals surface area contributed by atoms with Gasteiger partial charge in [0.25, 0.3) is 0 Å². The summed E-state index contributed by atoms with van der Waals surface area (Å²) in [5.74, 6) is 0.310. The SMILES string of the molecule is O=S(=O)(CCCCCCI)NC1CC1. The van der Waals surface area contributed by atoms with Crippen LogP contribution < -0.4 is 4.72 Å². The standard InChI is InChI=1S/C9H18INO2S/c10-7-3-1-2-4-8-14(12,13)11-9-5-6-9/h9,11H,1-8H2. The molecule has 0 aromatic carbocycles. The van der Waals surface area contributed by atoms with Crippen molar-refractivity contribution < 1.29 is 8.42 Å². The summed E-state index contributed by atoms with van der Waals surface area (Å²) in [7, 11) is -2.96. The normalized spacial score (nSPS) is 17.2. The number of unbranched alkanes of at least 4 members (excludes halogenated alkanes) is 3. The Morgan fingerprint density at radius 3 is 2.36 bits per heavy atom. The molecular formula is C9H18INO2S. The van der Waals surface area contributed by atoms with Crippen LogP contribution in [0.3, 0.4) is 0 Å². The average molecular weight is 331 g/mol. The fraction of sp³-hybridized carbons (Fsp3) is 1.00. The van der Waals surface area contributed by atoms with Crippen LogP contribution in [0.4, 0.5) is 0 Å². The van der Waals surface area contributed by atoms with E-state index in [9.17, 15) is 8.42 Å². The zero-order chi connectivity index (χ0) is 10.4. The van der Waals surface area contributed by atoms with Crippen LogP contribution in [0.1, 0.15) is 38.5 Å². The molecule has 0 atom stereocenters. The molecule has 1 fully saturated rings. The molecule has 1 aliphatic rings. The molecule has 1 N–H and O–H groups in total. The number of hydrogen-bond acceptors (Lipinski definition) is 2. The molecule has 0 unspecified atom stereocenters. The van der Waals surface area contributed by atoms with Gasteiger partial charge in [-0.2, -0.15) is 0 Å². The van der Waals surface area contributed by atoms with Gasteiger partial charge in [-0.3, -0.25) is 0 Å². The zero-order valence-corrected chi connectivity index (χ0v) is 11.3. The second-order valence-corrected chi connectivity index (χ2v) is 6.77.